The number of hydrogen-bond acceptors (Lipinski definition) is 0. The maximum absolute atomic E-state index is 2.40. The molecule has 0 amide bonds. The molecule has 31 heavy (non-hydrogen) atoms. The Kier molecular flexibility index (Phi) is 3.91. The fraction of sp³-hybridized carbons (Fsp3) is 0.0968. The Morgan fingerprint density at radius 1 is 0.419 bits per heavy atom. The fourth-order valence-electron chi connectivity index (χ4n) is 5.09. The van der Waals surface area contributed by atoms with E-state index in [2.05, 4.69) is 123 Å². The molecule has 0 radical (unpaired) electrons. The van der Waals surface area contributed by atoms with E-state index in [0.29, 0.717) is 0 Å². The van der Waals surface area contributed by atoms with E-state index in [1.165, 1.54) is 55.3 Å². The molecule has 0 heteroatoms. The van der Waals surface area contributed by atoms with E-state index in [-0.39, 0.29) is 5.41 Å². The van der Waals surface area contributed by atoms with Gasteiger partial charge < -0.3 is 0 Å². The predicted molar refractivity (Wildman–Crippen MR) is 132 cm³/mol. The molecule has 5 aromatic rings. The van der Waals surface area contributed by atoms with Crippen molar-refractivity contribution in [1.82, 2.24) is 0 Å². The summed E-state index contributed by atoms with van der Waals surface area (Å²) in [6, 6.07) is 39.9. The van der Waals surface area contributed by atoms with Gasteiger partial charge in [-0.1, -0.05) is 105 Å². The van der Waals surface area contributed by atoms with Gasteiger partial charge >= 0.3 is 0 Å². The van der Waals surface area contributed by atoms with Crippen molar-refractivity contribution in [3.8, 4) is 33.4 Å². The highest BCUT2D eigenvalue weighted by Crippen LogP contribution is 2.50. The Labute approximate surface area is 183 Å². The van der Waals surface area contributed by atoms with Crippen LogP contribution >= 0.6 is 0 Å². The Morgan fingerprint density at radius 2 is 0.935 bits per heavy atom. The molecule has 0 spiro atoms. The van der Waals surface area contributed by atoms with E-state index >= 15 is 0 Å². The molecular weight excluding hydrogens is 372 g/mol. The lowest BCUT2D eigenvalue weighted by molar-refractivity contribution is 0.661. The maximum Gasteiger partial charge on any atom is 0.0159 e. The number of fused-ring (bicyclic) bond motifs is 4. The van der Waals surface area contributed by atoms with Crippen LogP contribution in [0, 0.1) is 0 Å². The van der Waals surface area contributed by atoms with E-state index in [4.69, 9.17) is 0 Å². The standard InChI is InChI=1S/C31H24/c1-31(2)29-20-26(23-14-12-22(13-15-23)21-8-4-3-5-9-21)16-17-27(29)28-18-24-10-6-7-11-25(24)19-30(28)31/h3-20H,1-2H3. The average Bonchev–Trinajstić information content (AvgIpc) is 3.04. The lowest BCUT2D eigenvalue weighted by Gasteiger charge is -2.22. The molecule has 0 bridgehead atoms. The zero-order valence-corrected chi connectivity index (χ0v) is 17.9. The van der Waals surface area contributed by atoms with Gasteiger partial charge in [-0.05, 0) is 73.5 Å². The van der Waals surface area contributed by atoms with E-state index < -0.39 is 0 Å². The van der Waals surface area contributed by atoms with Gasteiger partial charge in [0.1, 0.15) is 0 Å². The summed E-state index contributed by atoms with van der Waals surface area (Å²) in [4.78, 5) is 0. The van der Waals surface area contributed by atoms with Crippen molar-refractivity contribution in [2.24, 2.45) is 0 Å². The third-order valence-corrected chi connectivity index (χ3v) is 6.87. The molecule has 0 heterocycles. The van der Waals surface area contributed by atoms with Gasteiger partial charge in [0.05, 0.1) is 0 Å². The maximum atomic E-state index is 2.40. The molecule has 0 atom stereocenters. The summed E-state index contributed by atoms with van der Waals surface area (Å²) in [6.45, 7) is 4.71. The molecule has 0 unspecified atom stereocenters. The number of rotatable bonds is 2. The van der Waals surface area contributed by atoms with Crippen LogP contribution in [-0.2, 0) is 5.41 Å². The minimum atomic E-state index is -0.00527. The van der Waals surface area contributed by atoms with Gasteiger partial charge in [-0.25, -0.2) is 0 Å². The summed E-state index contributed by atoms with van der Waals surface area (Å²) >= 11 is 0. The van der Waals surface area contributed by atoms with Crippen LogP contribution in [0.2, 0.25) is 0 Å². The van der Waals surface area contributed by atoms with E-state index in [1.54, 1.807) is 0 Å². The molecule has 148 valence electrons. The summed E-state index contributed by atoms with van der Waals surface area (Å²) in [5.74, 6) is 0. The molecule has 0 saturated heterocycles. The first kappa shape index (κ1) is 18.2. The first-order valence-corrected chi connectivity index (χ1v) is 11.0. The normalized spacial score (nSPS) is 13.7. The zero-order valence-electron chi connectivity index (χ0n) is 17.9. The smallest absolute Gasteiger partial charge is 0.0159 e. The van der Waals surface area contributed by atoms with Crippen molar-refractivity contribution >= 4 is 10.8 Å². The molecule has 0 N–H and O–H groups in total. The van der Waals surface area contributed by atoms with Crippen molar-refractivity contribution in [2.75, 3.05) is 0 Å². The van der Waals surface area contributed by atoms with Crippen LogP contribution in [0.3, 0.4) is 0 Å². The molecule has 1 aliphatic rings. The second kappa shape index (κ2) is 6.68. The lowest BCUT2D eigenvalue weighted by atomic mass is 9.81. The van der Waals surface area contributed by atoms with E-state index in [9.17, 15) is 0 Å². The summed E-state index contributed by atoms with van der Waals surface area (Å²) in [7, 11) is 0. The van der Waals surface area contributed by atoms with Gasteiger partial charge in [0, 0.05) is 5.41 Å². The highest BCUT2D eigenvalue weighted by molar-refractivity contribution is 5.94. The van der Waals surface area contributed by atoms with Crippen molar-refractivity contribution in [3.63, 3.8) is 0 Å². The SMILES string of the molecule is CC1(C)c2cc(-c3ccc(-c4ccccc4)cc3)ccc2-c2cc3ccccc3cc21. The Hall–Kier alpha value is -3.64. The Balaban J connectivity index is 1.44. The van der Waals surface area contributed by atoms with Crippen molar-refractivity contribution < 1.29 is 0 Å². The van der Waals surface area contributed by atoms with Crippen LogP contribution in [-0.4, -0.2) is 0 Å². The molecule has 5 aromatic carbocycles. The molecule has 0 aromatic heterocycles. The topological polar surface area (TPSA) is 0 Å². The largest absolute Gasteiger partial charge is 0.0622 e. The molecule has 0 fully saturated rings. The quantitative estimate of drug-likeness (QED) is 0.281. The molecular formula is C31H24. The Bertz CT molecular complexity index is 1420. The number of benzene rings is 5. The third kappa shape index (κ3) is 2.83. The highest BCUT2D eigenvalue weighted by Gasteiger charge is 2.35. The summed E-state index contributed by atoms with van der Waals surface area (Å²) in [5.41, 5.74) is 10.6. The van der Waals surface area contributed by atoms with E-state index in [0.717, 1.165) is 0 Å². The first-order chi connectivity index (χ1) is 15.1. The van der Waals surface area contributed by atoms with Gasteiger partial charge in [0.25, 0.3) is 0 Å². The first-order valence-electron chi connectivity index (χ1n) is 11.0. The minimum Gasteiger partial charge on any atom is -0.0622 e. The van der Waals surface area contributed by atoms with Crippen molar-refractivity contribution in [3.05, 3.63) is 120 Å². The van der Waals surface area contributed by atoms with Crippen molar-refractivity contribution in [1.29, 1.82) is 0 Å². The molecule has 6 rings (SSSR count). The average molecular weight is 397 g/mol. The minimum absolute atomic E-state index is 0.00527. The van der Waals surface area contributed by atoms with Gasteiger partial charge in [0.2, 0.25) is 0 Å². The predicted octanol–water partition coefficient (Wildman–Crippen LogP) is 8.48. The lowest BCUT2D eigenvalue weighted by Crippen LogP contribution is -2.15. The van der Waals surface area contributed by atoms with Crippen LogP contribution in [0.15, 0.2) is 109 Å². The molecule has 0 saturated carbocycles. The molecule has 1 aliphatic carbocycles. The van der Waals surface area contributed by atoms with Gasteiger partial charge in [-0.3, -0.25) is 0 Å². The summed E-state index contributed by atoms with van der Waals surface area (Å²) in [6.07, 6.45) is 0. The third-order valence-electron chi connectivity index (χ3n) is 6.87. The second-order valence-electron chi connectivity index (χ2n) is 9.07. The van der Waals surface area contributed by atoms with Gasteiger partial charge in [-0.15, -0.1) is 0 Å². The van der Waals surface area contributed by atoms with Crippen LogP contribution in [0.1, 0.15) is 25.0 Å². The zero-order chi connectivity index (χ0) is 21.0. The van der Waals surface area contributed by atoms with Crippen LogP contribution in [0.5, 0.6) is 0 Å². The molecule has 0 nitrogen and oxygen atoms in total. The number of hydrogen-bond donors (Lipinski definition) is 0. The molecule has 0 aliphatic heterocycles. The van der Waals surface area contributed by atoms with Crippen LogP contribution in [0.25, 0.3) is 44.2 Å². The summed E-state index contributed by atoms with van der Waals surface area (Å²) in [5, 5.41) is 2.63. The van der Waals surface area contributed by atoms with E-state index in [1.807, 2.05) is 0 Å². The second-order valence-corrected chi connectivity index (χ2v) is 9.07. The van der Waals surface area contributed by atoms with Gasteiger partial charge in [0.15, 0.2) is 0 Å². The fourth-order valence-corrected chi connectivity index (χ4v) is 5.09. The monoisotopic (exact) mass is 396 g/mol. The van der Waals surface area contributed by atoms with Crippen LogP contribution in [0.4, 0.5) is 0 Å². The highest BCUT2D eigenvalue weighted by atomic mass is 14.4. The van der Waals surface area contributed by atoms with Gasteiger partial charge in [-0.2, -0.15) is 0 Å². The van der Waals surface area contributed by atoms with Crippen molar-refractivity contribution in [2.45, 2.75) is 19.3 Å². The van der Waals surface area contributed by atoms with Crippen LogP contribution < -0.4 is 0 Å². The summed E-state index contributed by atoms with van der Waals surface area (Å²) < 4.78 is 0. The Morgan fingerprint density at radius 3 is 1.65 bits per heavy atom.